The van der Waals surface area contributed by atoms with Crippen LogP contribution in [0.4, 0.5) is 11.4 Å². The monoisotopic (exact) mass is 310 g/mol. The van der Waals surface area contributed by atoms with Crippen molar-refractivity contribution in [3.8, 4) is 0 Å². The normalized spacial score (nSPS) is 20.0. The van der Waals surface area contributed by atoms with Crippen molar-refractivity contribution < 1.29 is 19.3 Å². The maximum atomic E-state index is 8.74. The van der Waals surface area contributed by atoms with Gasteiger partial charge in [-0.1, -0.05) is 0 Å². The molecule has 0 radical (unpaired) electrons. The van der Waals surface area contributed by atoms with Gasteiger partial charge in [-0.2, -0.15) is 0 Å². The van der Waals surface area contributed by atoms with E-state index in [4.69, 9.17) is 25.1 Å². The molecule has 2 rings (SSSR count). The number of fused-ring (bicyclic) bond motifs is 1. The van der Waals surface area contributed by atoms with Crippen LogP contribution in [0.15, 0.2) is 18.2 Å². The van der Waals surface area contributed by atoms with E-state index in [1.807, 2.05) is 25.1 Å². The number of likely N-dealkylation sites (N-methyl/N-ethyl adjacent to an activating group) is 1. The number of benzene rings is 1. The first-order chi connectivity index (χ1) is 10.5. The van der Waals surface area contributed by atoms with Gasteiger partial charge in [0.1, 0.15) is 6.23 Å². The standard InChI is InChI=1S/C16H26N2O4/c1-4-18-15-6-5-14(17)9-13(15)10-16(18)22-12(3)21-11(2)20-8-7-19/h5-6,9,11-12,16,19H,4,7-8,10,17H2,1-3H3. The van der Waals surface area contributed by atoms with Crippen molar-refractivity contribution in [2.75, 3.05) is 30.4 Å². The number of hydrogen-bond acceptors (Lipinski definition) is 6. The van der Waals surface area contributed by atoms with E-state index >= 15 is 0 Å². The Morgan fingerprint density at radius 1 is 1.36 bits per heavy atom. The number of aliphatic hydroxyl groups is 1. The van der Waals surface area contributed by atoms with Crippen molar-refractivity contribution in [3.05, 3.63) is 23.8 Å². The molecule has 3 atom stereocenters. The van der Waals surface area contributed by atoms with Gasteiger partial charge in [0.05, 0.1) is 13.2 Å². The first-order valence-electron chi connectivity index (χ1n) is 7.73. The van der Waals surface area contributed by atoms with Gasteiger partial charge in [0.25, 0.3) is 0 Å². The minimum absolute atomic E-state index is 0.0219. The fourth-order valence-corrected chi connectivity index (χ4v) is 2.78. The molecular weight excluding hydrogens is 284 g/mol. The number of anilines is 2. The van der Waals surface area contributed by atoms with Gasteiger partial charge < -0.3 is 30.0 Å². The third-order valence-electron chi connectivity index (χ3n) is 3.67. The van der Waals surface area contributed by atoms with Crippen molar-refractivity contribution in [2.24, 2.45) is 0 Å². The van der Waals surface area contributed by atoms with Gasteiger partial charge in [0.2, 0.25) is 0 Å². The second-order valence-electron chi connectivity index (χ2n) is 5.33. The number of hydrogen-bond donors (Lipinski definition) is 2. The van der Waals surface area contributed by atoms with E-state index < -0.39 is 12.6 Å². The largest absolute Gasteiger partial charge is 0.399 e. The molecule has 0 saturated carbocycles. The fraction of sp³-hybridized carbons (Fsp3) is 0.625. The summed E-state index contributed by atoms with van der Waals surface area (Å²) in [7, 11) is 0. The number of aliphatic hydroxyl groups excluding tert-OH is 1. The summed E-state index contributed by atoms with van der Waals surface area (Å²) in [5.74, 6) is 0. The molecule has 22 heavy (non-hydrogen) atoms. The van der Waals surface area contributed by atoms with Crippen LogP contribution in [-0.4, -0.2) is 43.7 Å². The van der Waals surface area contributed by atoms with Gasteiger partial charge in [0, 0.05) is 24.3 Å². The van der Waals surface area contributed by atoms with Crippen LogP contribution < -0.4 is 10.6 Å². The molecule has 1 heterocycles. The van der Waals surface area contributed by atoms with Crippen molar-refractivity contribution >= 4 is 11.4 Å². The molecular formula is C16H26N2O4. The van der Waals surface area contributed by atoms with Gasteiger partial charge in [-0.15, -0.1) is 0 Å². The SMILES string of the molecule is CCN1c2ccc(N)cc2CC1OC(C)OC(C)OCCO. The summed E-state index contributed by atoms with van der Waals surface area (Å²) < 4.78 is 16.9. The Labute approximate surface area is 131 Å². The summed E-state index contributed by atoms with van der Waals surface area (Å²) in [4.78, 5) is 2.20. The highest BCUT2D eigenvalue weighted by molar-refractivity contribution is 5.63. The molecule has 3 unspecified atom stereocenters. The Hall–Kier alpha value is -1.34. The Balaban J connectivity index is 1.93. The third-order valence-corrected chi connectivity index (χ3v) is 3.67. The highest BCUT2D eigenvalue weighted by Gasteiger charge is 2.30. The summed E-state index contributed by atoms with van der Waals surface area (Å²) >= 11 is 0. The molecule has 1 aliphatic rings. The lowest BCUT2D eigenvalue weighted by Gasteiger charge is -2.29. The van der Waals surface area contributed by atoms with Crippen LogP contribution >= 0.6 is 0 Å². The summed E-state index contributed by atoms with van der Waals surface area (Å²) in [5.41, 5.74) is 8.99. The molecule has 6 heteroatoms. The average Bonchev–Trinajstić information content (AvgIpc) is 2.80. The van der Waals surface area contributed by atoms with Gasteiger partial charge in [-0.25, -0.2) is 0 Å². The van der Waals surface area contributed by atoms with Crippen LogP contribution in [0.25, 0.3) is 0 Å². The van der Waals surface area contributed by atoms with Crippen molar-refractivity contribution in [3.63, 3.8) is 0 Å². The summed E-state index contributed by atoms with van der Waals surface area (Å²) in [6, 6.07) is 5.95. The number of rotatable bonds is 8. The molecule has 1 aromatic rings. The van der Waals surface area contributed by atoms with E-state index in [1.165, 1.54) is 11.3 Å². The maximum Gasteiger partial charge on any atom is 0.160 e. The van der Waals surface area contributed by atoms with Crippen LogP contribution in [0.5, 0.6) is 0 Å². The topological polar surface area (TPSA) is 77.2 Å². The molecule has 1 aliphatic heterocycles. The molecule has 0 bridgehead atoms. The predicted octanol–water partition coefficient (Wildman–Crippen LogP) is 1.71. The van der Waals surface area contributed by atoms with Crippen LogP contribution in [0.3, 0.4) is 0 Å². The van der Waals surface area contributed by atoms with Gasteiger partial charge in [-0.3, -0.25) is 0 Å². The zero-order valence-electron chi connectivity index (χ0n) is 13.5. The molecule has 124 valence electrons. The van der Waals surface area contributed by atoms with Crippen LogP contribution in [0.2, 0.25) is 0 Å². The van der Waals surface area contributed by atoms with E-state index in [0.29, 0.717) is 0 Å². The number of ether oxygens (including phenoxy) is 3. The number of nitrogens with two attached hydrogens (primary N) is 1. The molecule has 6 nitrogen and oxygen atoms in total. The minimum Gasteiger partial charge on any atom is -0.399 e. The van der Waals surface area contributed by atoms with Crippen LogP contribution in [0.1, 0.15) is 26.3 Å². The summed E-state index contributed by atoms with van der Waals surface area (Å²) in [5, 5.41) is 8.74. The highest BCUT2D eigenvalue weighted by Crippen LogP contribution is 2.34. The van der Waals surface area contributed by atoms with Gasteiger partial charge >= 0.3 is 0 Å². The summed E-state index contributed by atoms with van der Waals surface area (Å²) in [6.07, 6.45) is -0.105. The lowest BCUT2D eigenvalue weighted by molar-refractivity contribution is -0.245. The first-order valence-corrected chi connectivity index (χ1v) is 7.73. The Morgan fingerprint density at radius 3 is 2.82 bits per heavy atom. The average molecular weight is 310 g/mol. The zero-order valence-corrected chi connectivity index (χ0v) is 13.5. The molecule has 0 spiro atoms. The molecule has 0 saturated heterocycles. The fourth-order valence-electron chi connectivity index (χ4n) is 2.78. The van der Waals surface area contributed by atoms with E-state index in [9.17, 15) is 0 Å². The second kappa shape index (κ2) is 7.78. The smallest absolute Gasteiger partial charge is 0.160 e. The van der Waals surface area contributed by atoms with E-state index in [-0.39, 0.29) is 19.4 Å². The Kier molecular flexibility index (Phi) is 6.02. The molecule has 0 amide bonds. The molecule has 1 aromatic carbocycles. The Bertz CT molecular complexity index is 483. The van der Waals surface area contributed by atoms with Crippen molar-refractivity contribution in [1.29, 1.82) is 0 Å². The van der Waals surface area contributed by atoms with Gasteiger partial charge in [-0.05, 0) is 44.5 Å². The number of nitrogen functional groups attached to an aromatic ring is 1. The lowest BCUT2D eigenvalue weighted by atomic mass is 10.1. The third kappa shape index (κ3) is 4.10. The van der Waals surface area contributed by atoms with Crippen molar-refractivity contribution in [1.82, 2.24) is 0 Å². The first kappa shape index (κ1) is 17.0. The van der Waals surface area contributed by atoms with Crippen LogP contribution in [-0.2, 0) is 20.6 Å². The molecule has 0 aromatic heterocycles. The quantitative estimate of drug-likeness (QED) is 0.562. The highest BCUT2D eigenvalue weighted by atomic mass is 16.8. The number of nitrogens with zero attached hydrogens (tertiary/aromatic N) is 1. The minimum atomic E-state index is -0.420. The molecule has 0 aliphatic carbocycles. The van der Waals surface area contributed by atoms with Crippen molar-refractivity contribution in [2.45, 2.75) is 46.0 Å². The van der Waals surface area contributed by atoms with E-state index in [2.05, 4.69) is 11.8 Å². The molecule has 3 N–H and O–H groups in total. The van der Waals surface area contributed by atoms with E-state index in [1.54, 1.807) is 6.92 Å². The van der Waals surface area contributed by atoms with Crippen LogP contribution in [0, 0.1) is 0 Å². The zero-order chi connectivity index (χ0) is 16.1. The lowest BCUT2D eigenvalue weighted by Crippen LogP contribution is -2.38. The molecule has 0 fully saturated rings. The predicted molar refractivity (Wildman–Crippen MR) is 85.5 cm³/mol. The summed E-state index contributed by atoms with van der Waals surface area (Å²) in [6.45, 7) is 6.82. The van der Waals surface area contributed by atoms with E-state index in [0.717, 1.165) is 18.7 Å². The maximum absolute atomic E-state index is 8.74. The Morgan fingerprint density at radius 2 is 2.14 bits per heavy atom. The van der Waals surface area contributed by atoms with Gasteiger partial charge in [0.15, 0.2) is 12.6 Å². The second-order valence-corrected chi connectivity index (χ2v) is 5.33.